The fraction of sp³-hybridized carbons (Fsp3) is 0.333. The molecule has 2 aromatic rings. The molecule has 1 saturated carbocycles. The van der Waals surface area contributed by atoms with Gasteiger partial charge in [0, 0.05) is 25.1 Å². The Bertz CT molecular complexity index is 609. The maximum Gasteiger partial charge on any atom is 0.150 e. The lowest BCUT2D eigenvalue weighted by atomic mass is 9.89. The number of aryl methyl sites for hydroxylation is 1. The minimum absolute atomic E-state index is 0.256. The number of carbonyl (C=O) groups excluding carboxylic acids is 1. The van der Waals surface area contributed by atoms with Crippen LogP contribution in [0.5, 0.6) is 0 Å². The number of carbonyl (C=O) groups is 1. The maximum absolute atomic E-state index is 12.5. The van der Waals surface area contributed by atoms with Gasteiger partial charge in [-0.3, -0.25) is 4.79 Å². The second kappa shape index (κ2) is 4.23. The van der Waals surface area contributed by atoms with Gasteiger partial charge < -0.3 is 10.3 Å². The minimum atomic E-state index is -0.292. The highest BCUT2D eigenvalue weighted by Crippen LogP contribution is 2.49. The third-order valence-corrected chi connectivity index (χ3v) is 3.99. The van der Waals surface area contributed by atoms with E-state index in [0.717, 1.165) is 29.9 Å². The molecular formula is C15H17N3O. The summed E-state index contributed by atoms with van der Waals surface area (Å²) in [7, 11) is 1.92. The van der Waals surface area contributed by atoms with Crippen LogP contribution in [0, 0.1) is 0 Å². The molecule has 1 aromatic heterocycles. The number of aromatic nitrogens is 2. The molecule has 1 fully saturated rings. The zero-order valence-corrected chi connectivity index (χ0v) is 11.0. The zero-order chi connectivity index (χ0) is 13.5. The van der Waals surface area contributed by atoms with E-state index in [-0.39, 0.29) is 11.2 Å². The van der Waals surface area contributed by atoms with Crippen molar-refractivity contribution in [2.45, 2.75) is 24.7 Å². The Balaban J connectivity index is 1.83. The Morgan fingerprint density at radius 2 is 2.05 bits per heavy atom. The van der Waals surface area contributed by atoms with Gasteiger partial charge in [0.15, 0.2) is 5.78 Å². The summed E-state index contributed by atoms with van der Waals surface area (Å²) in [6, 6.07) is 7.67. The van der Waals surface area contributed by atoms with Gasteiger partial charge in [0.1, 0.15) is 5.82 Å². The molecule has 0 aliphatic heterocycles. The molecule has 4 heteroatoms. The predicted molar refractivity (Wildman–Crippen MR) is 73.7 cm³/mol. The van der Waals surface area contributed by atoms with E-state index >= 15 is 0 Å². The molecule has 0 atom stereocenters. The molecule has 1 aliphatic carbocycles. The van der Waals surface area contributed by atoms with Gasteiger partial charge in [0.2, 0.25) is 0 Å². The number of nitrogen functional groups attached to an aromatic ring is 1. The van der Waals surface area contributed by atoms with Crippen LogP contribution in [-0.4, -0.2) is 15.3 Å². The van der Waals surface area contributed by atoms with Crippen molar-refractivity contribution in [1.82, 2.24) is 9.55 Å². The second-order valence-electron chi connectivity index (χ2n) is 5.26. The highest BCUT2D eigenvalue weighted by atomic mass is 16.1. The number of anilines is 1. The Labute approximate surface area is 112 Å². The number of hydrogen-bond acceptors (Lipinski definition) is 3. The predicted octanol–water partition coefficient (Wildman–Crippen LogP) is 1.85. The van der Waals surface area contributed by atoms with Gasteiger partial charge in [0.05, 0.1) is 11.8 Å². The van der Waals surface area contributed by atoms with Crippen LogP contribution in [0.15, 0.2) is 36.7 Å². The summed E-state index contributed by atoms with van der Waals surface area (Å²) in [6.07, 6.45) is 5.85. The zero-order valence-electron chi connectivity index (χ0n) is 11.0. The van der Waals surface area contributed by atoms with Crippen molar-refractivity contribution in [2.24, 2.45) is 7.05 Å². The largest absolute Gasteiger partial charge is 0.399 e. The van der Waals surface area contributed by atoms with E-state index in [0.29, 0.717) is 6.42 Å². The molecule has 0 radical (unpaired) electrons. The van der Waals surface area contributed by atoms with Gasteiger partial charge in [-0.2, -0.15) is 0 Å². The number of nitrogens with zero attached hydrogens (tertiary/aromatic N) is 2. The molecule has 1 heterocycles. The van der Waals surface area contributed by atoms with E-state index in [9.17, 15) is 4.79 Å². The van der Waals surface area contributed by atoms with Gasteiger partial charge >= 0.3 is 0 Å². The van der Waals surface area contributed by atoms with Crippen molar-refractivity contribution in [2.75, 3.05) is 5.73 Å². The fourth-order valence-electron chi connectivity index (χ4n) is 2.54. The average Bonchev–Trinajstić information content (AvgIpc) is 3.11. The van der Waals surface area contributed by atoms with Crippen LogP contribution in [0.25, 0.3) is 0 Å². The van der Waals surface area contributed by atoms with Crippen LogP contribution in [0.3, 0.4) is 0 Å². The number of imidazole rings is 1. The third-order valence-electron chi connectivity index (χ3n) is 3.99. The van der Waals surface area contributed by atoms with Gasteiger partial charge in [-0.15, -0.1) is 0 Å². The summed E-state index contributed by atoms with van der Waals surface area (Å²) >= 11 is 0. The fourth-order valence-corrected chi connectivity index (χ4v) is 2.54. The quantitative estimate of drug-likeness (QED) is 0.848. The smallest absolute Gasteiger partial charge is 0.150 e. The van der Waals surface area contributed by atoms with E-state index < -0.39 is 0 Å². The first-order chi connectivity index (χ1) is 9.12. The minimum Gasteiger partial charge on any atom is -0.399 e. The van der Waals surface area contributed by atoms with Gasteiger partial charge in [-0.25, -0.2) is 4.98 Å². The highest BCUT2D eigenvalue weighted by molar-refractivity contribution is 5.94. The van der Waals surface area contributed by atoms with Crippen LogP contribution in [0.4, 0.5) is 5.69 Å². The second-order valence-corrected chi connectivity index (χ2v) is 5.26. The van der Waals surface area contributed by atoms with Crippen molar-refractivity contribution in [3.8, 4) is 0 Å². The molecule has 3 rings (SSSR count). The van der Waals surface area contributed by atoms with Crippen LogP contribution >= 0.6 is 0 Å². The molecule has 0 amide bonds. The average molecular weight is 255 g/mol. The van der Waals surface area contributed by atoms with E-state index in [1.165, 1.54) is 0 Å². The van der Waals surface area contributed by atoms with Gasteiger partial charge in [-0.1, -0.05) is 12.1 Å². The molecule has 19 heavy (non-hydrogen) atoms. The first kappa shape index (κ1) is 12.0. The van der Waals surface area contributed by atoms with E-state index in [2.05, 4.69) is 4.98 Å². The Morgan fingerprint density at radius 3 is 2.58 bits per heavy atom. The Hall–Kier alpha value is -2.10. The first-order valence-electron chi connectivity index (χ1n) is 6.47. The Kier molecular flexibility index (Phi) is 2.66. The Morgan fingerprint density at radius 1 is 1.37 bits per heavy atom. The normalized spacial score (nSPS) is 16.3. The number of benzene rings is 1. The third kappa shape index (κ3) is 2.03. The molecule has 1 aromatic carbocycles. The van der Waals surface area contributed by atoms with Crippen LogP contribution in [0.1, 0.15) is 24.2 Å². The molecular weight excluding hydrogens is 238 g/mol. The topological polar surface area (TPSA) is 60.9 Å². The van der Waals surface area contributed by atoms with Gasteiger partial charge in [-0.05, 0) is 30.5 Å². The number of Topliss-reactive ketones (excluding diaryl/α,β-unsaturated/α-hetero) is 1. The lowest BCUT2D eigenvalue weighted by Crippen LogP contribution is -2.23. The van der Waals surface area contributed by atoms with Crippen molar-refractivity contribution in [1.29, 1.82) is 0 Å². The van der Waals surface area contributed by atoms with Crippen molar-refractivity contribution in [3.05, 3.63) is 48.0 Å². The van der Waals surface area contributed by atoms with Crippen LogP contribution < -0.4 is 5.73 Å². The van der Waals surface area contributed by atoms with Crippen molar-refractivity contribution in [3.63, 3.8) is 0 Å². The summed E-state index contributed by atoms with van der Waals surface area (Å²) in [6.45, 7) is 0. The van der Waals surface area contributed by atoms with E-state index in [4.69, 9.17) is 5.73 Å². The van der Waals surface area contributed by atoms with Crippen molar-refractivity contribution >= 4 is 11.5 Å². The molecule has 0 bridgehead atoms. The first-order valence-corrected chi connectivity index (χ1v) is 6.47. The van der Waals surface area contributed by atoms with Crippen LogP contribution in [-0.2, 0) is 23.7 Å². The molecule has 0 spiro atoms. The van der Waals surface area contributed by atoms with Crippen LogP contribution in [0.2, 0.25) is 0 Å². The molecule has 0 unspecified atom stereocenters. The highest BCUT2D eigenvalue weighted by Gasteiger charge is 2.50. The summed E-state index contributed by atoms with van der Waals surface area (Å²) < 4.78 is 1.90. The number of nitrogens with two attached hydrogens (primary N) is 1. The molecule has 1 aliphatic rings. The monoisotopic (exact) mass is 255 g/mol. The summed E-state index contributed by atoms with van der Waals surface area (Å²) in [5.74, 6) is 1.08. The SMILES string of the molecule is Cn1ccnc1CC(=O)C1(c2ccc(N)cc2)CC1. The lowest BCUT2D eigenvalue weighted by Gasteiger charge is -2.14. The standard InChI is InChI=1S/C15H17N3O/c1-18-9-8-17-14(18)10-13(19)15(6-7-15)11-2-4-12(16)5-3-11/h2-5,8-9H,6-7,10,16H2,1H3. The number of hydrogen-bond donors (Lipinski definition) is 1. The molecule has 0 saturated heterocycles. The van der Waals surface area contributed by atoms with E-state index in [1.54, 1.807) is 6.20 Å². The summed E-state index contributed by atoms with van der Waals surface area (Å²) in [5.41, 5.74) is 7.22. The molecule has 2 N–H and O–H groups in total. The van der Waals surface area contributed by atoms with E-state index in [1.807, 2.05) is 42.1 Å². The number of ketones is 1. The van der Waals surface area contributed by atoms with Crippen molar-refractivity contribution < 1.29 is 4.79 Å². The summed E-state index contributed by atoms with van der Waals surface area (Å²) in [4.78, 5) is 16.8. The molecule has 98 valence electrons. The summed E-state index contributed by atoms with van der Waals surface area (Å²) in [5, 5.41) is 0. The van der Waals surface area contributed by atoms with Gasteiger partial charge in [0.25, 0.3) is 0 Å². The number of rotatable bonds is 4. The maximum atomic E-state index is 12.5. The lowest BCUT2D eigenvalue weighted by molar-refractivity contribution is -0.121. The molecule has 4 nitrogen and oxygen atoms in total.